The summed E-state index contributed by atoms with van der Waals surface area (Å²) in [6.07, 6.45) is 2.14. The number of non-ortho nitro benzene ring substituents is 1. The van der Waals surface area contributed by atoms with Crippen LogP contribution >= 0.6 is 11.6 Å². The maximum absolute atomic E-state index is 12.8. The number of carbonyl (C=O) groups excluding carboxylic acids is 1. The predicted molar refractivity (Wildman–Crippen MR) is 170 cm³/mol. The third kappa shape index (κ3) is 6.18. The second-order valence-electron chi connectivity index (χ2n) is 10.8. The summed E-state index contributed by atoms with van der Waals surface area (Å²) >= 11 is 6.18. The molecular formula is C34H31ClN2O7. The Balaban J connectivity index is 1.57. The molecule has 10 heteroatoms. The van der Waals surface area contributed by atoms with Crippen molar-refractivity contribution in [2.45, 2.75) is 32.9 Å². The van der Waals surface area contributed by atoms with Crippen LogP contribution in [0.1, 0.15) is 42.3 Å². The Kier molecular flexibility index (Phi) is 8.51. The predicted octanol–water partition coefficient (Wildman–Crippen LogP) is 8.34. The topological polar surface area (TPSA) is 109 Å². The third-order valence-electron chi connectivity index (χ3n) is 7.24. The van der Waals surface area contributed by atoms with Crippen LogP contribution in [0.2, 0.25) is 5.02 Å². The fraction of sp³-hybridized carbons (Fsp3) is 0.206. The van der Waals surface area contributed by atoms with Gasteiger partial charge in [0.1, 0.15) is 18.1 Å². The molecule has 0 amide bonds. The summed E-state index contributed by atoms with van der Waals surface area (Å²) in [5.41, 5.74) is 5.14. The van der Waals surface area contributed by atoms with Crippen LogP contribution in [0.15, 0.2) is 78.9 Å². The first-order valence-electron chi connectivity index (χ1n) is 13.8. The van der Waals surface area contributed by atoms with Crippen LogP contribution in [0, 0.1) is 10.1 Å². The van der Waals surface area contributed by atoms with Crippen molar-refractivity contribution in [3.05, 3.63) is 111 Å². The highest BCUT2D eigenvalue weighted by Crippen LogP contribution is 2.44. The molecule has 1 aliphatic rings. The number of allylic oxidation sites excluding steroid dienone is 1. The van der Waals surface area contributed by atoms with E-state index in [1.807, 2.05) is 25.1 Å². The number of nitro benzene ring substituents is 1. The molecule has 0 fully saturated rings. The fourth-order valence-electron chi connectivity index (χ4n) is 5.39. The standard InChI is InChI=1S/C34H31ClN2O7/c1-20-18-34(2,3)36-28-14-13-23(26(32(20)28)19-43-31-16-21(37(39)40)10-15-29(31)41-4)24-12-11-22(17-30(24)42-5)44-33(38)25-8-6-7-9-27(25)35/h6-18,36H,19H2,1-5H3. The van der Waals surface area contributed by atoms with Gasteiger partial charge in [-0.15, -0.1) is 0 Å². The van der Waals surface area contributed by atoms with Crippen molar-refractivity contribution in [3.8, 4) is 34.1 Å². The Morgan fingerprint density at radius 3 is 2.36 bits per heavy atom. The molecule has 5 rings (SSSR count). The number of nitrogens with one attached hydrogen (secondary N) is 1. The van der Waals surface area contributed by atoms with Gasteiger partial charge >= 0.3 is 5.97 Å². The maximum Gasteiger partial charge on any atom is 0.345 e. The molecule has 0 radical (unpaired) electrons. The van der Waals surface area contributed by atoms with Crippen LogP contribution in [0.25, 0.3) is 16.7 Å². The minimum Gasteiger partial charge on any atom is -0.496 e. The van der Waals surface area contributed by atoms with Crippen LogP contribution < -0.4 is 24.3 Å². The summed E-state index contributed by atoms with van der Waals surface area (Å²) in [7, 11) is 3.02. The molecule has 0 atom stereocenters. The number of hydrogen-bond acceptors (Lipinski definition) is 8. The van der Waals surface area contributed by atoms with Gasteiger partial charge in [0.2, 0.25) is 0 Å². The number of fused-ring (bicyclic) bond motifs is 1. The summed E-state index contributed by atoms with van der Waals surface area (Å²) in [5.74, 6) is 0.774. The zero-order chi connectivity index (χ0) is 31.6. The molecule has 1 aliphatic heterocycles. The Hall–Kier alpha value is -5.02. The monoisotopic (exact) mass is 614 g/mol. The summed E-state index contributed by atoms with van der Waals surface area (Å²) < 4.78 is 23.0. The number of hydrogen-bond donors (Lipinski definition) is 1. The van der Waals surface area contributed by atoms with Gasteiger partial charge in [-0.2, -0.15) is 0 Å². The molecule has 9 nitrogen and oxygen atoms in total. The lowest BCUT2D eigenvalue weighted by molar-refractivity contribution is -0.385. The molecule has 1 heterocycles. The molecule has 4 aromatic carbocycles. The van der Waals surface area contributed by atoms with E-state index in [-0.39, 0.29) is 34.9 Å². The Morgan fingerprint density at radius 1 is 0.932 bits per heavy atom. The second kappa shape index (κ2) is 12.3. The number of nitrogens with zero attached hydrogens (tertiary/aromatic N) is 1. The lowest BCUT2D eigenvalue weighted by Gasteiger charge is -2.33. The minimum atomic E-state index is -0.589. The number of rotatable bonds is 9. The molecule has 44 heavy (non-hydrogen) atoms. The van der Waals surface area contributed by atoms with E-state index in [0.29, 0.717) is 16.5 Å². The Morgan fingerprint density at radius 2 is 1.66 bits per heavy atom. The molecule has 226 valence electrons. The number of carbonyl (C=O) groups is 1. The van der Waals surface area contributed by atoms with Gasteiger partial charge in [0.05, 0.1) is 41.3 Å². The van der Waals surface area contributed by atoms with E-state index in [1.54, 1.807) is 36.4 Å². The van der Waals surface area contributed by atoms with Crippen LogP contribution in [0.5, 0.6) is 23.0 Å². The van der Waals surface area contributed by atoms with Crippen molar-refractivity contribution >= 4 is 34.5 Å². The van der Waals surface area contributed by atoms with Gasteiger partial charge in [0, 0.05) is 34.5 Å². The summed E-state index contributed by atoms with van der Waals surface area (Å²) in [5, 5.41) is 15.3. The molecular weight excluding hydrogens is 584 g/mol. The number of halogens is 1. The van der Waals surface area contributed by atoms with Crippen molar-refractivity contribution in [1.82, 2.24) is 0 Å². The molecule has 0 unspecified atom stereocenters. The van der Waals surface area contributed by atoms with Gasteiger partial charge in [-0.25, -0.2) is 4.79 Å². The maximum atomic E-state index is 12.8. The molecule has 0 saturated carbocycles. The Bertz CT molecular complexity index is 1800. The van der Waals surface area contributed by atoms with Crippen LogP contribution in [0.3, 0.4) is 0 Å². The van der Waals surface area contributed by atoms with Gasteiger partial charge in [-0.1, -0.05) is 35.9 Å². The second-order valence-corrected chi connectivity index (χ2v) is 11.2. The van der Waals surface area contributed by atoms with E-state index in [4.69, 9.17) is 30.5 Å². The largest absolute Gasteiger partial charge is 0.496 e. The zero-order valence-electron chi connectivity index (χ0n) is 24.9. The molecule has 0 aliphatic carbocycles. The smallest absolute Gasteiger partial charge is 0.345 e. The Labute approximate surface area is 260 Å². The first-order chi connectivity index (χ1) is 21.0. The highest BCUT2D eigenvalue weighted by atomic mass is 35.5. The number of benzene rings is 4. The lowest BCUT2D eigenvalue weighted by atomic mass is 9.85. The number of anilines is 1. The highest BCUT2D eigenvalue weighted by molar-refractivity contribution is 6.33. The van der Waals surface area contributed by atoms with E-state index in [9.17, 15) is 14.9 Å². The van der Waals surface area contributed by atoms with E-state index >= 15 is 0 Å². The van der Waals surface area contributed by atoms with Crippen LogP contribution in [0.4, 0.5) is 11.4 Å². The van der Waals surface area contributed by atoms with Crippen molar-refractivity contribution in [2.24, 2.45) is 0 Å². The lowest BCUT2D eigenvalue weighted by Crippen LogP contribution is -2.32. The van der Waals surface area contributed by atoms with Gasteiger partial charge in [0.25, 0.3) is 5.69 Å². The third-order valence-corrected chi connectivity index (χ3v) is 7.57. The number of esters is 1. The first-order valence-corrected chi connectivity index (χ1v) is 14.1. The van der Waals surface area contributed by atoms with Crippen molar-refractivity contribution < 1.29 is 28.7 Å². The van der Waals surface area contributed by atoms with Crippen LogP contribution in [-0.4, -0.2) is 30.7 Å². The first kappa shape index (κ1) is 30.4. The minimum absolute atomic E-state index is 0.0652. The number of methoxy groups -OCH3 is 2. The summed E-state index contributed by atoms with van der Waals surface area (Å²) in [6, 6.07) is 20.0. The normalized spacial score (nSPS) is 13.2. The molecule has 0 bridgehead atoms. The van der Waals surface area contributed by atoms with Crippen LogP contribution in [-0.2, 0) is 6.61 Å². The summed E-state index contributed by atoms with van der Waals surface area (Å²) in [6.45, 7) is 6.28. The average Bonchev–Trinajstić information content (AvgIpc) is 2.99. The fourth-order valence-corrected chi connectivity index (χ4v) is 5.60. The molecule has 4 aromatic rings. The number of ether oxygens (including phenoxy) is 4. The molecule has 0 aromatic heterocycles. The van der Waals surface area contributed by atoms with Gasteiger partial charge in [-0.05, 0) is 68.3 Å². The summed E-state index contributed by atoms with van der Waals surface area (Å²) in [4.78, 5) is 23.8. The molecule has 0 spiro atoms. The quantitative estimate of drug-likeness (QED) is 0.0867. The van der Waals surface area contributed by atoms with Crippen molar-refractivity contribution in [2.75, 3.05) is 19.5 Å². The highest BCUT2D eigenvalue weighted by Gasteiger charge is 2.27. The van der Waals surface area contributed by atoms with Gasteiger partial charge in [0.15, 0.2) is 11.5 Å². The number of nitro groups is 1. The van der Waals surface area contributed by atoms with E-state index < -0.39 is 10.9 Å². The van der Waals surface area contributed by atoms with Gasteiger partial charge in [-0.3, -0.25) is 10.1 Å². The van der Waals surface area contributed by atoms with Crippen molar-refractivity contribution in [1.29, 1.82) is 0 Å². The molecule has 0 saturated heterocycles. The van der Waals surface area contributed by atoms with Gasteiger partial charge < -0.3 is 24.3 Å². The SMILES string of the molecule is COc1ccc([N+](=O)[O-])cc1OCc1c(-c2ccc(OC(=O)c3ccccc3Cl)cc2OC)ccc2c1C(C)=CC(C)(C)N2. The van der Waals surface area contributed by atoms with Crippen molar-refractivity contribution in [3.63, 3.8) is 0 Å². The van der Waals surface area contributed by atoms with E-state index in [2.05, 4.69) is 25.2 Å². The van der Waals surface area contributed by atoms with E-state index in [0.717, 1.165) is 33.5 Å². The zero-order valence-corrected chi connectivity index (χ0v) is 25.7. The molecule has 1 N–H and O–H groups in total. The average molecular weight is 615 g/mol. The van der Waals surface area contributed by atoms with E-state index in [1.165, 1.54) is 32.4 Å².